The highest BCUT2D eigenvalue weighted by Crippen LogP contribution is 2.42. The van der Waals surface area contributed by atoms with Gasteiger partial charge in [0.2, 0.25) is 0 Å². The molecule has 334 valence electrons. The van der Waals surface area contributed by atoms with Crippen molar-refractivity contribution in [1.29, 1.82) is 0 Å². The normalized spacial score (nSPS) is 19.2. The quantitative estimate of drug-likeness (QED) is 0.0938. The molecule has 4 aliphatic rings. The van der Waals surface area contributed by atoms with Gasteiger partial charge in [-0.1, -0.05) is 24.0 Å². The third-order valence-corrected chi connectivity index (χ3v) is 12.2. The highest BCUT2D eigenvalue weighted by Gasteiger charge is 2.55. The molecule has 2 bridgehead atoms. The molecule has 5 atom stereocenters. The van der Waals surface area contributed by atoms with Gasteiger partial charge in [0.05, 0.1) is 49.8 Å². The number of anilines is 1. The van der Waals surface area contributed by atoms with E-state index in [0.29, 0.717) is 34.8 Å². The first-order valence-corrected chi connectivity index (χ1v) is 20.6. The van der Waals surface area contributed by atoms with E-state index in [1.807, 2.05) is 17.4 Å². The third-order valence-electron chi connectivity index (χ3n) is 12.2. The molecule has 4 fully saturated rings. The van der Waals surface area contributed by atoms with E-state index in [4.69, 9.17) is 4.74 Å². The van der Waals surface area contributed by atoms with E-state index < -0.39 is 71.9 Å². The van der Waals surface area contributed by atoms with Gasteiger partial charge in [-0.2, -0.15) is 13.2 Å². The largest absolute Gasteiger partial charge is 0.453 e. The molecule has 3 N–H and O–H groups in total. The van der Waals surface area contributed by atoms with Gasteiger partial charge in [0.1, 0.15) is 29.3 Å². The van der Waals surface area contributed by atoms with Crippen molar-refractivity contribution >= 4 is 17.7 Å². The summed E-state index contributed by atoms with van der Waals surface area (Å²) in [4.78, 5) is 39.3. The van der Waals surface area contributed by atoms with Crippen molar-refractivity contribution in [2.75, 3.05) is 44.9 Å². The number of piperazine rings is 1. The Balaban J connectivity index is 1.02. The van der Waals surface area contributed by atoms with Gasteiger partial charge in [0, 0.05) is 73.1 Å². The lowest BCUT2D eigenvalue weighted by Gasteiger charge is -2.60. The minimum absolute atomic E-state index is 0.00242. The zero-order valence-electron chi connectivity index (χ0n) is 34.9. The van der Waals surface area contributed by atoms with Gasteiger partial charge < -0.3 is 30.1 Å². The number of ketones is 1. The molecule has 2 unspecified atom stereocenters. The predicted molar refractivity (Wildman–Crippen MR) is 221 cm³/mol. The van der Waals surface area contributed by atoms with E-state index >= 15 is 8.78 Å². The van der Waals surface area contributed by atoms with E-state index in [1.54, 1.807) is 30.5 Å². The second kappa shape index (κ2) is 19.1. The number of ether oxygens (including phenoxy) is 2. The second-order valence-electron chi connectivity index (χ2n) is 16.8. The number of carbonyl (C=O) groups excluding carboxylic acids is 2. The molecule has 0 radical (unpaired) electrons. The molecule has 2 aromatic heterocycles. The van der Waals surface area contributed by atoms with Crippen molar-refractivity contribution in [3.63, 3.8) is 0 Å². The monoisotopic (exact) mass is 878 g/mol. The fraction of sp³-hybridized carbons (Fsp3) is 0.435. The van der Waals surface area contributed by atoms with Gasteiger partial charge in [-0.25, -0.2) is 22.9 Å². The zero-order valence-corrected chi connectivity index (χ0v) is 34.9. The summed E-state index contributed by atoms with van der Waals surface area (Å²) < 4.78 is 96.2. The summed E-state index contributed by atoms with van der Waals surface area (Å²) in [5.41, 5.74) is -0.913. The van der Waals surface area contributed by atoms with Gasteiger partial charge in [0.25, 0.3) is 0 Å². The third kappa shape index (κ3) is 10.5. The number of nitrogens with one attached hydrogen (secondary N) is 2. The minimum atomic E-state index is -4.92. The van der Waals surface area contributed by atoms with Crippen molar-refractivity contribution < 1.29 is 50.5 Å². The molecule has 0 aliphatic carbocycles. The molecule has 6 heterocycles. The molecule has 17 heteroatoms. The van der Waals surface area contributed by atoms with Crippen LogP contribution in [-0.4, -0.2) is 108 Å². The number of benzene rings is 2. The number of aliphatic hydroxyl groups excluding tert-OH is 1. The second-order valence-corrected chi connectivity index (χ2v) is 16.8. The Morgan fingerprint density at radius 3 is 2.16 bits per heavy atom. The van der Waals surface area contributed by atoms with Crippen LogP contribution < -0.4 is 15.5 Å². The van der Waals surface area contributed by atoms with Crippen molar-refractivity contribution in [1.82, 2.24) is 25.5 Å². The number of alkyl halides is 3. The predicted octanol–water partition coefficient (Wildman–Crippen LogP) is 6.20. The fourth-order valence-electron chi connectivity index (χ4n) is 8.34. The van der Waals surface area contributed by atoms with Crippen LogP contribution in [0.5, 0.6) is 0 Å². The Labute approximate surface area is 361 Å². The van der Waals surface area contributed by atoms with Gasteiger partial charge in [-0.15, -0.1) is 0 Å². The number of rotatable bonds is 15. The molecule has 63 heavy (non-hydrogen) atoms. The number of pyridine rings is 2. The topological polar surface area (TPSA) is 129 Å². The Kier molecular flexibility index (Phi) is 13.8. The fourth-order valence-corrected chi connectivity index (χ4v) is 8.34. The zero-order chi connectivity index (χ0) is 45.1. The van der Waals surface area contributed by atoms with E-state index in [2.05, 4.69) is 41.7 Å². The van der Waals surface area contributed by atoms with Gasteiger partial charge in [0.15, 0.2) is 5.78 Å². The number of hydrogen-bond acceptors (Lipinski definition) is 10. The lowest BCUT2D eigenvalue weighted by molar-refractivity contribution is -0.220. The van der Waals surface area contributed by atoms with Crippen molar-refractivity contribution in [2.45, 2.75) is 76.1 Å². The van der Waals surface area contributed by atoms with Crippen LogP contribution in [0.3, 0.4) is 0 Å². The highest BCUT2D eigenvalue weighted by molar-refractivity contribution is 5.88. The standard InChI is InChI=1S/C46H48F6N6O5/c1-45(2,46(50,51)52)43(56-44(61)62-3)40(59)17-31(41(60)22-53-21-36-37(48)15-30(16-38(36)49)39-12-11-32(47)20-54-39)14-28-7-4-27(5-8-28)6-9-29-10-13-42(55-19-29)57-23-33-18-34(24-57)58(33)35-25-63-26-35/h4-5,7-8,10-13,15-16,19-20,31,33-35,41,43,53,60H,14,17-18,21-26H2,1-3H3,(H,56,61)/t31-,33?,34?,41+,43-/m1/s1. The first kappa shape index (κ1) is 45.5. The van der Waals surface area contributed by atoms with Gasteiger partial charge in [-0.05, 0) is 86.7 Å². The number of amides is 1. The molecule has 4 aliphatic heterocycles. The maximum Gasteiger partial charge on any atom is 0.407 e. The van der Waals surface area contributed by atoms with Crippen LogP contribution in [-0.2, 0) is 27.2 Å². The molecule has 0 spiro atoms. The molecule has 2 aromatic carbocycles. The summed E-state index contributed by atoms with van der Waals surface area (Å²) >= 11 is 0. The molecule has 11 nitrogen and oxygen atoms in total. The first-order chi connectivity index (χ1) is 30.0. The average molecular weight is 879 g/mol. The molecule has 8 rings (SSSR count). The van der Waals surface area contributed by atoms with Crippen molar-refractivity contribution in [3.8, 4) is 23.1 Å². The number of alkyl carbamates (subject to hydrolysis) is 1. The van der Waals surface area contributed by atoms with E-state index in [9.17, 15) is 32.3 Å². The van der Waals surface area contributed by atoms with Crippen LogP contribution in [0.1, 0.15) is 48.9 Å². The van der Waals surface area contributed by atoms with Crippen LogP contribution in [0.15, 0.2) is 73.1 Å². The number of Topliss-reactive ketones (excluding diaryl/α,β-unsaturated/α-hetero) is 1. The number of nitrogens with zero attached hydrogens (tertiary/aromatic N) is 4. The Hall–Kier alpha value is -5.54. The summed E-state index contributed by atoms with van der Waals surface area (Å²) in [5, 5.41) is 16.2. The Morgan fingerprint density at radius 1 is 0.921 bits per heavy atom. The average Bonchev–Trinajstić information content (AvgIpc) is 3.24. The Bertz CT molecular complexity index is 2280. The number of hydrogen-bond donors (Lipinski definition) is 3. The van der Waals surface area contributed by atoms with Crippen LogP contribution in [0.2, 0.25) is 0 Å². The number of fused-ring (bicyclic) bond motifs is 2. The van der Waals surface area contributed by atoms with Crippen LogP contribution in [0, 0.1) is 40.6 Å². The van der Waals surface area contributed by atoms with Crippen LogP contribution >= 0.6 is 0 Å². The summed E-state index contributed by atoms with van der Waals surface area (Å²) in [5.74, 6) is 2.58. The van der Waals surface area contributed by atoms with Gasteiger partial charge >= 0.3 is 12.3 Å². The molecule has 1 amide bonds. The summed E-state index contributed by atoms with van der Waals surface area (Å²) in [7, 11) is 0.951. The smallest absolute Gasteiger partial charge is 0.407 e. The maximum absolute atomic E-state index is 15.1. The SMILES string of the molecule is COC(=O)N[C@H](C(=O)C[C@@H](Cc1ccc(C#Cc2ccc(N3CC4CC(C3)N4C3COC3)nc2)cc1)[C@@H](O)CNCc1c(F)cc(-c2ccc(F)cn2)cc1F)C(C)(C)C(F)(F)F. The lowest BCUT2D eigenvalue weighted by Crippen LogP contribution is -2.74. The summed E-state index contributed by atoms with van der Waals surface area (Å²) in [6, 6.07) is 14.7. The summed E-state index contributed by atoms with van der Waals surface area (Å²) in [6.07, 6.45) is -4.36. The van der Waals surface area contributed by atoms with Crippen LogP contribution in [0.4, 0.5) is 37.0 Å². The number of carbonyl (C=O) groups is 2. The summed E-state index contributed by atoms with van der Waals surface area (Å²) in [6.45, 7) is 4.29. The first-order valence-electron chi connectivity index (χ1n) is 20.6. The minimum Gasteiger partial charge on any atom is -0.453 e. The maximum atomic E-state index is 15.1. The number of piperidine rings is 1. The number of halogens is 6. The lowest BCUT2D eigenvalue weighted by atomic mass is 9.77. The van der Waals surface area contributed by atoms with E-state index in [0.717, 1.165) is 77.5 Å². The molecular formula is C46H48F6N6O5. The Morgan fingerprint density at radius 2 is 1.59 bits per heavy atom. The highest BCUT2D eigenvalue weighted by atomic mass is 19.4. The molecular weight excluding hydrogens is 831 g/mol. The molecule has 4 aromatic rings. The van der Waals surface area contributed by atoms with E-state index in [-0.39, 0.29) is 29.8 Å². The number of aromatic nitrogens is 2. The van der Waals surface area contributed by atoms with Crippen LogP contribution in [0.25, 0.3) is 11.3 Å². The van der Waals surface area contributed by atoms with Crippen molar-refractivity contribution in [2.24, 2.45) is 11.3 Å². The number of methoxy groups -OCH3 is 1. The van der Waals surface area contributed by atoms with E-state index in [1.165, 1.54) is 12.5 Å². The molecule has 0 saturated carbocycles. The molecule has 4 saturated heterocycles. The van der Waals surface area contributed by atoms with Crippen molar-refractivity contribution in [3.05, 3.63) is 113 Å². The van der Waals surface area contributed by atoms with Gasteiger partial charge in [-0.3, -0.25) is 14.7 Å². The number of aliphatic hydroxyl groups is 1.